The zero-order chi connectivity index (χ0) is 21.4. The van der Waals surface area contributed by atoms with Gasteiger partial charge in [0, 0.05) is 17.4 Å². The minimum absolute atomic E-state index is 0.117. The summed E-state index contributed by atoms with van der Waals surface area (Å²) in [5.41, 5.74) is 0.237. The molecule has 2 aromatic carbocycles. The first-order valence-electron chi connectivity index (χ1n) is 9.12. The molecule has 0 radical (unpaired) electrons. The van der Waals surface area contributed by atoms with E-state index < -0.39 is 29.0 Å². The van der Waals surface area contributed by atoms with Crippen LogP contribution in [0.5, 0.6) is 5.75 Å². The Balaban J connectivity index is 1.65. The second-order valence-corrected chi connectivity index (χ2v) is 6.78. The van der Waals surface area contributed by atoms with Crippen LogP contribution >= 0.6 is 0 Å². The van der Waals surface area contributed by atoms with Crippen molar-refractivity contribution in [2.24, 2.45) is 0 Å². The Labute approximate surface area is 170 Å². The number of amides is 2. The van der Waals surface area contributed by atoms with Crippen LogP contribution in [0.4, 0.5) is 15.8 Å². The van der Waals surface area contributed by atoms with Gasteiger partial charge in [-0.15, -0.1) is 0 Å². The molecule has 2 amide bonds. The van der Waals surface area contributed by atoms with Gasteiger partial charge in [-0.2, -0.15) is 5.10 Å². The van der Waals surface area contributed by atoms with Crippen molar-refractivity contribution in [2.45, 2.75) is 20.0 Å². The predicted octanol–water partition coefficient (Wildman–Crippen LogP) is 2.65. The Morgan fingerprint density at radius 3 is 2.73 bits per heavy atom. The van der Waals surface area contributed by atoms with Crippen LogP contribution in [-0.2, 0) is 4.79 Å². The lowest BCUT2D eigenvalue weighted by molar-refractivity contribution is -0.122. The molecule has 3 aromatic rings. The van der Waals surface area contributed by atoms with E-state index in [1.54, 1.807) is 32.0 Å². The first-order valence-corrected chi connectivity index (χ1v) is 9.12. The van der Waals surface area contributed by atoms with Gasteiger partial charge in [0.25, 0.3) is 11.8 Å². The number of hydrogen-bond donors (Lipinski definition) is 2. The molecule has 1 aromatic heterocycles. The number of nitrogens with zero attached hydrogens (tertiary/aromatic N) is 2. The fourth-order valence-electron chi connectivity index (χ4n) is 3.05. The molecule has 9 heteroatoms. The highest BCUT2D eigenvalue weighted by Crippen LogP contribution is 2.32. The van der Waals surface area contributed by atoms with Gasteiger partial charge in [-0.3, -0.25) is 14.4 Å². The van der Waals surface area contributed by atoms with Gasteiger partial charge < -0.3 is 15.4 Å². The highest BCUT2D eigenvalue weighted by molar-refractivity contribution is 6.04. The first kappa shape index (κ1) is 19.3. The van der Waals surface area contributed by atoms with Crippen molar-refractivity contribution >= 4 is 23.2 Å². The van der Waals surface area contributed by atoms with Crippen molar-refractivity contribution in [1.82, 2.24) is 9.78 Å². The van der Waals surface area contributed by atoms with E-state index in [1.807, 2.05) is 0 Å². The number of nitrogens with one attached hydrogen (secondary N) is 2. The second-order valence-electron chi connectivity index (χ2n) is 6.78. The lowest BCUT2D eigenvalue weighted by Crippen LogP contribution is -2.34. The molecule has 0 bridgehead atoms. The third kappa shape index (κ3) is 3.52. The highest BCUT2D eigenvalue weighted by atomic mass is 19.1. The van der Waals surface area contributed by atoms with Crippen LogP contribution in [0.25, 0.3) is 5.69 Å². The molecule has 0 aliphatic carbocycles. The molecule has 0 saturated heterocycles. The molecule has 4 rings (SSSR count). The Kier molecular flexibility index (Phi) is 4.78. The quantitative estimate of drug-likeness (QED) is 0.694. The van der Waals surface area contributed by atoms with Crippen molar-refractivity contribution in [2.75, 3.05) is 10.6 Å². The van der Waals surface area contributed by atoms with Crippen LogP contribution in [-0.4, -0.2) is 27.7 Å². The van der Waals surface area contributed by atoms with Gasteiger partial charge in [-0.1, -0.05) is 12.1 Å². The summed E-state index contributed by atoms with van der Waals surface area (Å²) in [6, 6.07) is 11.8. The number of aryl methyl sites for hydroxylation is 1. The first-order chi connectivity index (χ1) is 14.3. The Morgan fingerprint density at radius 2 is 1.97 bits per heavy atom. The van der Waals surface area contributed by atoms with E-state index in [1.165, 1.54) is 35.0 Å². The maximum atomic E-state index is 14.2. The maximum absolute atomic E-state index is 14.2. The third-order valence-corrected chi connectivity index (χ3v) is 4.57. The van der Waals surface area contributed by atoms with Crippen LogP contribution in [0.1, 0.15) is 23.1 Å². The molecule has 30 heavy (non-hydrogen) atoms. The summed E-state index contributed by atoms with van der Waals surface area (Å²) < 4.78 is 20.8. The number of aromatic nitrogens is 2. The standard InChI is InChI=1S/C21H17FN4O4/c1-11-9-17(27)19(25-26(11)16-6-4-3-5-14(16)22)21(29)23-13-7-8-18-15(10-13)24-20(28)12(2)30-18/h3-10,12H,1-2H3,(H,23,29)(H,24,28). The topological polar surface area (TPSA) is 102 Å². The molecule has 1 atom stereocenters. The van der Waals surface area contributed by atoms with Crippen molar-refractivity contribution in [3.63, 3.8) is 0 Å². The molecule has 0 spiro atoms. The molecular weight excluding hydrogens is 391 g/mol. The fraction of sp³-hybridized carbons (Fsp3) is 0.143. The summed E-state index contributed by atoms with van der Waals surface area (Å²) in [5.74, 6) is -1.14. The van der Waals surface area contributed by atoms with E-state index in [0.717, 1.165) is 0 Å². The van der Waals surface area contributed by atoms with E-state index >= 15 is 0 Å². The summed E-state index contributed by atoms with van der Waals surface area (Å²) in [5, 5.41) is 9.32. The summed E-state index contributed by atoms with van der Waals surface area (Å²) >= 11 is 0. The van der Waals surface area contributed by atoms with Gasteiger partial charge in [0.1, 0.15) is 17.3 Å². The normalized spacial score (nSPS) is 15.0. The Morgan fingerprint density at radius 1 is 1.20 bits per heavy atom. The minimum Gasteiger partial charge on any atom is -0.479 e. The molecule has 8 nitrogen and oxygen atoms in total. The van der Waals surface area contributed by atoms with Crippen molar-refractivity contribution in [1.29, 1.82) is 0 Å². The van der Waals surface area contributed by atoms with Crippen molar-refractivity contribution < 1.29 is 18.7 Å². The second kappa shape index (κ2) is 7.43. The zero-order valence-corrected chi connectivity index (χ0v) is 16.1. The predicted molar refractivity (Wildman–Crippen MR) is 108 cm³/mol. The maximum Gasteiger partial charge on any atom is 0.280 e. The Hall–Kier alpha value is -4.01. The number of benzene rings is 2. The van der Waals surface area contributed by atoms with Gasteiger partial charge in [0.2, 0.25) is 5.43 Å². The molecule has 0 saturated carbocycles. The highest BCUT2D eigenvalue weighted by Gasteiger charge is 2.24. The summed E-state index contributed by atoms with van der Waals surface area (Å²) in [4.78, 5) is 36.8. The van der Waals surface area contributed by atoms with Crippen LogP contribution < -0.4 is 20.8 Å². The summed E-state index contributed by atoms with van der Waals surface area (Å²) in [7, 11) is 0. The van der Waals surface area contributed by atoms with Crippen LogP contribution in [0.2, 0.25) is 0 Å². The number of hydrogen-bond acceptors (Lipinski definition) is 5. The average molecular weight is 408 g/mol. The van der Waals surface area contributed by atoms with E-state index in [-0.39, 0.29) is 11.6 Å². The number of rotatable bonds is 3. The lowest BCUT2D eigenvalue weighted by atomic mass is 10.2. The Bertz CT molecular complexity index is 1240. The molecule has 1 unspecified atom stereocenters. The largest absolute Gasteiger partial charge is 0.479 e. The molecule has 2 N–H and O–H groups in total. The smallest absolute Gasteiger partial charge is 0.280 e. The van der Waals surface area contributed by atoms with E-state index in [0.29, 0.717) is 22.8 Å². The zero-order valence-electron chi connectivity index (χ0n) is 16.1. The van der Waals surface area contributed by atoms with Crippen LogP contribution in [0.15, 0.2) is 53.3 Å². The van der Waals surface area contributed by atoms with Gasteiger partial charge in [0.15, 0.2) is 11.8 Å². The number of anilines is 2. The average Bonchev–Trinajstić information content (AvgIpc) is 2.70. The van der Waals surface area contributed by atoms with E-state index in [2.05, 4.69) is 15.7 Å². The van der Waals surface area contributed by atoms with Gasteiger partial charge in [0.05, 0.1) is 5.69 Å². The number of fused-ring (bicyclic) bond motifs is 1. The number of ether oxygens (including phenoxy) is 1. The minimum atomic E-state index is -0.763. The third-order valence-electron chi connectivity index (χ3n) is 4.57. The summed E-state index contributed by atoms with van der Waals surface area (Å²) in [6.45, 7) is 3.22. The van der Waals surface area contributed by atoms with E-state index in [4.69, 9.17) is 4.74 Å². The molecule has 0 fully saturated rings. The molecule has 152 valence electrons. The monoisotopic (exact) mass is 408 g/mol. The molecule has 1 aliphatic heterocycles. The fourth-order valence-corrected chi connectivity index (χ4v) is 3.05. The molecular formula is C21H17FN4O4. The number of carbonyl (C=O) groups is 2. The van der Waals surface area contributed by atoms with E-state index in [9.17, 15) is 18.8 Å². The van der Waals surface area contributed by atoms with Gasteiger partial charge in [-0.25, -0.2) is 9.07 Å². The molecule has 2 heterocycles. The molecule has 1 aliphatic rings. The number of para-hydroxylation sites is 1. The van der Waals surface area contributed by atoms with Gasteiger partial charge in [-0.05, 0) is 44.2 Å². The number of carbonyl (C=O) groups excluding carboxylic acids is 2. The SMILES string of the molecule is Cc1cc(=O)c(C(=O)Nc2ccc3c(c2)NC(=O)C(C)O3)nn1-c1ccccc1F. The van der Waals surface area contributed by atoms with Crippen molar-refractivity contribution in [3.05, 3.63) is 76.0 Å². The van der Waals surface area contributed by atoms with Crippen LogP contribution in [0.3, 0.4) is 0 Å². The lowest BCUT2D eigenvalue weighted by Gasteiger charge is -2.23. The number of halogens is 1. The van der Waals surface area contributed by atoms with Crippen LogP contribution in [0, 0.1) is 12.7 Å². The van der Waals surface area contributed by atoms with Crippen molar-refractivity contribution in [3.8, 4) is 11.4 Å². The summed E-state index contributed by atoms with van der Waals surface area (Å²) in [6.07, 6.45) is -0.619. The van der Waals surface area contributed by atoms with Gasteiger partial charge >= 0.3 is 0 Å².